The summed E-state index contributed by atoms with van der Waals surface area (Å²) in [5.74, 6) is -0.314. The van der Waals surface area contributed by atoms with Crippen molar-refractivity contribution >= 4 is 23.2 Å². The van der Waals surface area contributed by atoms with Crippen LogP contribution in [-0.4, -0.2) is 15.7 Å². The molecule has 1 aromatic heterocycles. The fourth-order valence-electron chi connectivity index (χ4n) is 2.29. The van der Waals surface area contributed by atoms with Crippen molar-refractivity contribution in [2.45, 2.75) is 6.92 Å². The van der Waals surface area contributed by atoms with Gasteiger partial charge in [0.15, 0.2) is 5.69 Å². The number of nitrogens with zero attached hydrogens (tertiary/aromatic N) is 2. The largest absolute Gasteiger partial charge is 0.321 e. The molecule has 1 amide bonds. The molecule has 4 nitrogen and oxygen atoms in total. The van der Waals surface area contributed by atoms with Gasteiger partial charge >= 0.3 is 0 Å². The normalized spacial score (nSPS) is 10.6. The van der Waals surface area contributed by atoms with E-state index in [0.29, 0.717) is 10.7 Å². The van der Waals surface area contributed by atoms with Crippen molar-refractivity contribution in [3.63, 3.8) is 0 Å². The number of aromatic nitrogens is 2. The molecule has 0 saturated heterocycles. The average Bonchev–Trinajstić information content (AvgIpc) is 2.84. The molecule has 0 fully saturated rings. The number of aryl methyl sites for hydroxylation is 1. The van der Waals surface area contributed by atoms with Crippen molar-refractivity contribution in [1.29, 1.82) is 0 Å². The Morgan fingerprint density at radius 3 is 2.22 bits per heavy atom. The Bertz CT molecular complexity index is 839. The van der Waals surface area contributed by atoms with Gasteiger partial charge in [-0.3, -0.25) is 9.48 Å². The van der Waals surface area contributed by atoms with Crippen LogP contribution in [-0.2, 0) is 7.05 Å². The van der Waals surface area contributed by atoms with Gasteiger partial charge in [0, 0.05) is 12.7 Å². The summed E-state index contributed by atoms with van der Waals surface area (Å²) in [7, 11) is 1.76. The highest BCUT2D eigenvalue weighted by atomic mass is 35.5. The number of carbonyl (C=O) groups excluding carboxylic acids is 1. The standard InChI is InChI=1S/C18H16ClN3O/c1-12-16(19)17(21-22(12)2)18(23)20-15-10-8-14(9-11-15)13-6-4-3-5-7-13/h3-11H,1-2H3,(H,20,23). The summed E-state index contributed by atoms with van der Waals surface area (Å²) in [6.45, 7) is 1.82. The van der Waals surface area contributed by atoms with Crippen LogP contribution in [0.2, 0.25) is 5.02 Å². The maximum atomic E-state index is 12.3. The van der Waals surface area contributed by atoms with Crippen molar-refractivity contribution in [2.24, 2.45) is 7.05 Å². The van der Waals surface area contributed by atoms with Crippen molar-refractivity contribution in [3.05, 3.63) is 71.0 Å². The number of amides is 1. The van der Waals surface area contributed by atoms with Crippen LogP contribution in [0, 0.1) is 6.92 Å². The lowest BCUT2D eigenvalue weighted by Crippen LogP contribution is -2.13. The van der Waals surface area contributed by atoms with E-state index in [2.05, 4.69) is 10.4 Å². The van der Waals surface area contributed by atoms with Crippen molar-refractivity contribution in [3.8, 4) is 11.1 Å². The Morgan fingerprint density at radius 1 is 1.04 bits per heavy atom. The van der Waals surface area contributed by atoms with Crippen LogP contribution in [0.5, 0.6) is 0 Å². The first-order valence-electron chi connectivity index (χ1n) is 7.22. The number of hydrogen-bond acceptors (Lipinski definition) is 2. The predicted molar refractivity (Wildman–Crippen MR) is 92.8 cm³/mol. The van der Waals surface area contributed by atoms with E-state index in [1.807, 2.05) is 61.5 Å². The summed E-state index contributed by atoms with van der Waals surface area (Å²) in [6, 6.07) is 17.7. The quantitative estimate of drug-likeness (QED) is 0.780. The van der Waals surface area contributed by atoms with E-state index in [9.17, 15) is 4.79 Å². The van der Waals surface area contributed by atoms with E-state index in [4.69, 9.17) is 11.6 Å². The van der Waals surface area contributed by atoms with Gasteiger partial charge in [-0.1, -0.05) is 54.1 Å². The van der Waals surface area contributed by atoms with Gasteiger partial charge < -0.3 is 5.32 Å². The number of hydrogen-bond donors (Lipinski definition) is 1. The molecule has 3 rings (SSSR count). The second-order valence-corrected chi connectivity index (χ2v) is 5.65. The van der Waals surface area contributed by atoms with Gasteiger partial charge in [-0.05, 0) is 30.2 Å². The Labute approximate surface area is 139 Å². The number of rotatable bonds is 3. The third-order valence-electron chi connectivity index (χ3n) is 3.73. The highest BCUT2D eigenvalue weighted by Gasteiger charge is 2.18. The molecule has 1 heterocycles. The molecule has 0 aliphatic carbocycles. The summed E-state index contributed by atoms with van der Waals surface area (Å²) >= 11 is 6.14. The molecule has 0 radical (unpaired) electrons. The molecule has 0 unspecified atom stereocenters. The maximum Gasteiger partial charge on any atom is 0.277 e. The number of nitrogens with one attached hydrogen (secondary N) is 1. The minimum Gasteiger partial charge on any atom is -0.321 e. The molecule has 0 spiro atoms. The van der Waals surface area contributed by atoms with E-state index < -0.39 is 0 Å². The number of carbonyl (C=O) groups is 1. The third kappa shape index (κ3) is 3.12. The smallest absolute Gasteiger partial charge is 0.277 e. The van der Waals surface area contributed by atoms with E-state index in [-0.39, 0.29) is 11.6 Å². The highest BCUT2D eigenvalue weighted by Crippen LogP contribution is 2.23. The molecule has 2 aromatic carbocycles. The molecule has 0 atom stereocenters. The van der Waals surface area contributed by atoms with Gasteiger partial charge in [0.05, 0.1) is 10.7 Å². The summed E-state index contributed by atoms with van der Waals surface area (Å²) < 4.78 is 1.59. The number of anilines is 1. The van der Waals surface area contributed by atoms with Crippen molar-refractivity contribution in [2.75, 3.05) is 5.32 Å². The van der Waals surface area contributed by atoms with E-state index in [1.165, 1.54) is 0 Å². The van der Waals surface area contributed by atoms with E-state index >= 15 is 0 Å². The Hall–Kier alpha value is -2.59. The summed E-state index contributed by atoms with van der Waals surface area (Å²) in [5, 5.41) is 7.34. The lowest BCUT2D eigenvalue weighted by Gasteiger charge is -2.06. The average molecular weight is 326 g/mol. The fourth-order valence-corrected chi connectivity index (χ4v) is 2.54. The first-order valence-corrected chi connectivity index (χ1v) is 7.60. The van der Waals surface area contributed by atoms with Gasteiger partial charge in [-0.15, -0.1) is 0 Å². The van der Waals surface area contributed by atoms with Crippen LogP contribution >= 0.6 is 11.6 Å². The molecule has 0 bridgehead atoms. The van der Waals surface area contributed by atoms with Crippen LogP contribution in [0.1, 0.15) is 16.2 Å². The molecule has 1 N–H and O–H groups in total. The van der Waals surface area contributed by atoms with Crippen LogP contribution < -0.4 is 5.32 Å². The maximum absolute atomic E-state index is 12.3. The lowest BCUT2D eigenvalue weighted by atomic mass is 10.1. The van der Waals surface area contributed by atoms with Crippen LogP contribution in [0.4, 0.5) is 5.69 Å². The van der Waals surface area contributed by atoms with Crippen LogP contribution in [0.25, 0.3) is 11.1 Å². The SMILES string of the molecule is Cc1c(Cl)c(C(=O)Nc2ccc(-c3ccccc3)cc2)nn1C. The first kappa shape index (κ1) is 15.3. The Morgan fingerprint density at radius 2 is 1.65 bits per heavy atom. The summed E-state index contributed by atoms with van der Waals surface area (Å²) in [6.07, 6.45) is 0. The van der Waals surface area contributed by atoms with Gasteiger partial charge in [-0.2, -0.15) is 5.10 Å². The Kier molecular flexibility index (Phi) is 4.17. The number of benzene rings is 2. The van der Waals surface area contributed by atoms with E-state index in [1.54, 1.807) is 11.7 Å². The predicted octanol–water partition coefficient (Wildman–Crippen LogP) is 4.30. The molecule has 116 valence electrons. The molecular formula is C18H16ClN3O. The molecule has 3 aromatic rings. The van der Waals surface area contributed by atoms with Gasteiger partial charge in [-0.25, -0.2) is 0 Å². The molecule has 0 saturated carbocycles. The Balaban J connectivity index is 1.78. The monoisotopic (exact) mass is 325 g/mol. The van der Waals surface area contributed by atoms with Crippen LogP contribution in [0.15, 0.2) is 54.6 Å². The zero-order valence-corrected chi connectivity index (χ0v) is 13.6. The topological polar surface area (TPSA) is 46.9 Å². The zero-order valence-electron chi connectivity index (χ0n) is 12.9. The number of halogens is 1. The van der Waals surface area contributed by atoms with Crippen molar-refractivity contribution in [1.82, 2.24) is 9.78 Å². The minimum absolute atomic E-state index is 0.235. The van der Waals surface area contributed by atoms with Gasteiger partial charge in [0.2, 0.25) is 0 Å². The summed E-state index contributed by atoms with van der Waals surface area (Å²) in [4.78, 5) is 12.3. The van der Waals surface area contributed by atoms with E-state index in [0.717, 1.165) is 16.8 Å². The van der Waals surface area contributed by atoms with Crippen molar-refractivity contribution < 1.29 is 4.79 Å². The highest BCUT2D eigenvalue weighted by molar-refractivity contribution is 6.34. The van der Waals surface area contributed by atoms with Crippen LogP contribution in [0.3, 0.4) is 0 Å². The first-order chi connectivity index (χ1) is 11.1. The zero-order chi connectivity index (χ0) is 16.4. The molecule has 5 heteroatoms. The lowest BCUT2D eigenvalue weighted by molar-refractivity contribution is 0.102. The molecule has 0 aliphatic rings. The minimum atomic E-state index is -0.314. The summed E-state index contributed by atoms with van der Waals surface area (Å²) in [5.41, 5.74) is 3.92. The van der Waals surface area contributed by atoms with Gasteiger partial charge in [0.25, 0.3) is 5.91 Å². The molecule has 0 aliphatic heterocycles. The fraction of sp³-hybridized carbons (Fsp3) is 0.111. The second kappa shape index (κ2) is 6.26. The second-order valence-electron chi connectivity index (χ2n) is 5.27. The van der Waals surface area contributed by atoms with Gasteiger partial charge in [0.1, 0.15) is 0 Å². The molecular weight excluding hydrogens is 310 g/mol. The third-order valence-corrected chi connectivity index (χ3v) is 4.18. The molecule has 23 heavy (non-hydrogen) atoms.